The number of amides is 1. The van der Waals surface area contributed by atoms with Crippen LogP contribution in [0.3, 0.4) is 0 Å². The molecule has 136 valence electrons. The average Bonchev–Trinajstić information content (AvgIpc) is 2.99. The van der Waals surface area contributed by atoms with E-state index < -0.39 is 0 Å². The Labute approximate surface area is 149 Å². The van der Waals surface area contributed by atoms with Gasteiger partial charge in [-0.2, -0.15) is 0 Å². The molecule has 0 unspecified atom stereocenters. The van der Waals surface area contributed by atoms with Crippen molar-refractivity contribution in [2.75, 3.05) is 33.8 Å². The van der Waals surface area contributed by atoms with E-state index in [-0.39, 0.29) is 12.5 Å². The van der Waals surface area contributed by atoms with E-state index in [1.165, 1.54) is 0 Å². The lowest BCUT2D eigenvalue weighted by molar-refractivity contribution is 0.0496. The van der Waals surface area contributed by atoms with Crippen LogP contribution >= 0.6 is 0 Å². The SMILES string of the molecule is Cc1cc2cccc(C(=O)N3CC[C@@H](N(C)C)[C@@H](CCCO)C3)c2o1. The molecule has 0 spiro atoms. The van der Waals surface area contributed by atoms with Crippen molar-refractivity contribution in [1.82, 2.24) is 9.80 Å². The first-order chi connectivity index (χ1) is 12.0. The molecule has 1 aromatic heterocycles. The number of aliphatic hydroxyl groups excluding tert-OH is 1. The molecule has 1 saturated heterocycles. The molecule has 1 aliphatic heterocycles. The third-order valence-electron chi connectivity index (χ3n) is 5.28. The molecular formula is C20H28N2O3. The maximum atomic E-state index is 13.1. The van der Waals surface area contributed by atoms with Crippen LogP contribution in [0.25, 0.3) is 11.0 Å². The van der Waals surface area contributed by atoms with E-state index in [9.17, 15) is 9.90 Å². The van der Waals surface area contributed by atoms with Gasteiger partial charge in [0, 0.05) is 31.1 Å². The van der Waals surface area contributed by atoms with Gasteiger partial charge < -0.3 is 19.3 Å². The highest BCUT2D eigenvalue weighted by Gasteiger charge is 2.33. The lowest BCUT2D eigenvalue weighted by Crippen LogP contribution is -2.50. The highest BCUT2D eigenvalue weighted by molar-refractivity contribution is 6.05. The summed E-state index contributed by atoms with van der Waals surface area (Å²) in [4.78, 5) is 17.3. The Kier molecular flexibility index (Phi) is 5.45. The number of rotatable bonds is 5. The quantitative estimate of drug-likeness (QED) is 0.906. The van der Waals surface area contributed by atoms with Gasteiger partial charge in [-0.1, -0.05) is 12.1 Å². The Morgan fingerprint density at radius 1 is 1.40 bits per heavy atom. The lowest BCUT2D eigenvalue weighted by Gasteiger charge is -2.41. The monoisotopic (exact) mass is 344 g/mol. The van der Waals surface area contributed by atoms with Crippen LogP contribution in [0.5, 0.6) is 0 Å². The summed E-state index contributed by atoms with van der Waals surface area (Å²) in [6, 6.07) is 8.17. The number of aryl methyl sites for hydroxylation is 1. The van der Waals surface area contributed by atoms with Gasteiger partial charge in [-0.3, -0.25) is 4.79 Å². The summed E-state index contributed by atoms with van der Waals surface area (Å²) in [5, 5.41) is 10.2. The number of aliphatic hydroxyl groups is 1. The standard InChI is InChI=1S/C20H28N2O3/c1-14-12-15-6-4-8-17(19(15)25-14)20(24)22-10-9-18(21(2)3)16(13-22)7-5-11-23/h4,6,8,12,16,18,23H,5,7,9-11,13H2,1-3H3/t16-,18+/m0/s1. The highest BCUT2D eigenvalue weighted by Crippen LogP contribution is 2.28. The molecule has 2 heterocycles. The van der Waals surface area contributed by atoms with E-state index in [2.05, 4.69) is 19.0 Å². The number of piperidine rings is 1. The van der Waals surface area contributed by atoms with Gasteiger partial charge >= 0.3 is 0 Å². The predicted octanol–water partition coefficient (Wildman–Crippen LogP) is 2.91. The maximum Gasteiger partial charge on any atom is 0.257 e. The Morgan fingerprint density at radius 3 is 2.92 bits per heavy atom. The number of furan rings is 1. The number of benzene rings is 1. The molecule has 2 atom stereocenters. The summed E-state index contributed by atoms with van der Waals surface area (Å²) in [6.07, 6.45) is 2.68. The number of carbonyl (C=O) groups is 1. The van der Waals surface area contributed by atoms with Gasteiger partial charge in [0.2, 0.25) is 0 Å². The van der Waals surface area contributed by atoms with Gasteiger partial charge in [-0.15, -0.1) is 0 Å². The summed E-state index contributed by atoms with van der Waals surface area (Å²) in [5.41, 5.74) is 1.33. The zero-order chi connectivity index (χ0) is 18.0. The molecule has 1 aliphatic rings. The summed E-state index contributed by atoms with van der Waals surface area (Å²) in [7, 11) is 4.20. The molecule has 0 bridgehead atoms. The number of hydrogen-bond acceptors (Lipinski definition) is 4. The van der Waals surface area contributed by atoms with Gasteiger partial charge in [-0.25, -0.2) is 0 Å². The Morgan fingerprint density at radius 2 is 2.20 bits per heavy atom. The molecule has 0 aliphatic carbocycles. The number of fused-ring (bicyclic) bond motifs is 1. The van der Waals surface area contributed by atoms with Crippen molar-refractivity contribution in [1.29, 1.82) is 0 Å². The summed E-state index contributed by atoms with van der Waals surface area (Å²) in [5.74, 6) is 1.26. The fraction of sp³-hybridized carbons (Fsp3) is 0.550. The van der Waals surface area contributed by atoms with E-state index in [0.717, 1.165) is 43.5 Å². The molecule has 5 nitrogen and oxygen atoms in total. The topological polar surface area (TPSA) is 56.9 Å². The van der Waals surface area contributed by atoms with Crippen molar-refractivity contribution in [2.24, 2.45) is 5.92 Å². The first kappa shape index (κ1) is 18.0. The second-order valence-electron chi connectivity index (χ2n) is 7.28. The molecular weight excluding hydrogens is 316 g/mol. The Balaban J connectivity index is 1.82. The zero-order valence-corrected chi connectivity index (χ0v) is 15.4. The Bertz CT molecular complexity index is 738. The van der Waals surface area contributed by atoms with E-state index in [0.29, 0.717) is 23.1 Å². The van der Waals surface area contributed by atoms with Crippen molar-refractivity contribution < 1.29 is 14.3 Å². The van der Waals surface area contributed by atoms with E-state index in [4.69, 9.17) is 4.42 Å². The summed E-state index contributed by atoms with van der Waals surface area (Å²) in [6.45, 7) is 3.60. The van der Waals surface area contributed by atoms with Crippen molar-refractivity contribution in [3.63, 3.8) is 0 Å². The van der Waals surface area contributed by atoms with Crippen LogP contribution in [0.4, 0.5) is 0 Å². The van der Waals surface area contributed by atoms with Crippen molar-refractivity contribution >= 4 is 16.9 Å². The number of para-hydroxylation sites is 1. The summed E-state index contributed by atoms with van der Waals surface area (Å²) >= 11 is 0. The second kappa shape index (κ2) is 7.58. The smallest absolute Gasteiger partial charge is 0.257 e. The molecule has 0 radical (unpaired) electrons. The fourth-order valence-electron chi connectivity index (χ4n) is 4.05. The molecule has 5 heteroatoms. The number of nitrogens with zero attached hydrogens (tertiary/aromatic N) is 2. The normalized spacial score (nSPS) is 21.2. The largest absolute Gasteiger partial charge is 0.461 e. The first-order valence-corrected chi connectivity index (χ1v) is 9.07. The molecule has 1 N–H and O–H groups in total. The fourth-order valence-corrected chi connectivity index (χ4v) is 4.05. The van der Waals surface area contributed by atoms with E-state index >= 15 is 0 Å². The zero-order valence-electron chi connectivity index (χ0n) is 15.4. The molecule has 25 heavy (non-hydrogen) atoms. The molecule has 1 amide bonds. The lowest BCUT2D eigenvalue weighted by atomic mass is 9.87. The van der Waals surface area contributed by atoms with Gasteiger partial charge in [0.15, 0.2) is 0 Å². The average molecular weight is 344 g/mol. The minimum atomic E-state index is 0.0474. The van der Waals surface area contributed by atoms with Crippen LogP contribution < -0.4 is 0 Å². The van der Waals surface area contributed by atoms with Crippen LogP contribution in [0.15, 0.2) is 28.7 Å². The molecule has 2 aromatic rings. The van der Waals surface area contributed by atoms with E-state index in [1.807, 2.05) is 36.1 Å². The van der Waals surface area contributed by atoms with E-state index in [1.54, 1.807) is 0 Å². The van der Waals surface area contributed by atoms with Crippen molar-refractivity contribution in [3.05, 3.63) is 35.6 Å². The second-order valence-corrected chi connectivity index (χ2v) is 7.28. The molecule has 0 saturated carbocycles. The van der Waals surface area contributed by atoms with Crippen LogP contribution in [0.1, 0.15) is 35.4 Å². The number of carbonyl (C=O) groups excluding carboxylic acids is 1. The van der Waals surface area contributed by atoms with Crippen molar-refractivity contribution in [2.45, 2.75) is 32.2 Å². The third-order valence-corrected chi connectivity index (χ3v) is 5.28. The molecule has 1 aromatic carbocycles. The minimum Gasteiger partial charge on any atom is -0.461 e. The van der Waals surface area contributed by atoms with Crippen LogP contribution in [-0.4, -0.2) is 60.6 Å². The maximum absolute atomic E-state index is 13.1. The predicted molar refractivity (Wildman–Crippen MR) is 98.8 cm³/mol. The van der Waals surface area contributed by atoms with Gasteiger partial charge in [-0.05, 0) is 58.3 Å². The summed E-state index contributed by atoms with van der Waals surface area (Å²) < 4.78 is 5.77. The minimum absolute atomic E-state index is 0.0474. The third kappa shape index (κ3) is 3.72. The van der Waals surface area contributed by atoms with Gasteiger partial charge in [0.1, 0.15) is 11.3 Å². The van der Waals surface area contributed by atoms with Crippen LogP contribution in [0, 0.1) is 12.8 Å². The Hall–Kier alpha value is -1.85. The van der Waals surface area contributed by atoms with Crippen molar-refractivity contribution in [3.8, 4) is 0 Å². The van der Waals surface area contributed by atoms with Crippen LogP contribution in [0.2, 0.25) is 0 Å². The number of hydrogen-bond donors (Lipinski definition) is 1. The van der Waals surface area contributed by atoms with Crippen LogP contribution in [-0.2, 0) is 0 Å². The van der Waals surface area contributed by atoms with Gasteiger partial charge in [0.05, 0.1) is 5.56 Å². The first-order valence-electron chi connectivity index (χ1n) is 9.07. The molecule has 3 rings (SSSR count). The highest BCUT2D eigenvalue weighted by atomic mass is 16.3. The van der Waals surface area contributed by atoms with Gasteiger partial charge in [0.25, 0.3) is 5.91 Å². The number of likely N-dealkylation sites (tertiary alicyclic amines) is 1. The molecule has 1 fully saturated rings.